The topological polar surface area (TPSA) is 124 Å². The molecular formula is C19H16N4O6. The Balaban J connectivity index is 1.74. The Morgan fingerprint density at radius 2 is 1.86 bits per heavy atom. The zero-order valence-corrected chi connectivity index (χ0v) is 15.3. The number of methoxy groups -OCH3 is 1. The molecule has 0 spiro atoms. The number of fused-ring (bicyclic) bond motifs is 1. The molecule has 0 aliphatic carbocycles. The Morgan fingerprint density at radius 3 is 2.48 bits per heavy atom. The van der Waals surface area contributed by atoms with Crippen LogP contribution < -0.4 is 4.74 Å². The molecule has 2 aliphatic rings. The van der Waals surface area contributed by atoms with Gasteiger partial charge in [-0.2, -0.15) is 0 Å². The number of hydrogen-bond acceptors (Lipinski definition) is 8. The van der Waals surface area contributed by atoms with E-state index in [4.69, 9.17) is 9.15 Å². The molecule has 0 amide bonds. The molecule has 1 aromatic heterocycles. The van der Waals surface area contributed by atoms with Crippen molar-refractivity contribution < 1.29 is 19.0 Å². The maximum Gasteiger partial charge on any atom is 0.433 e. The molecule has 2 atom stereocenters. The standard InChI is InChI=1S/C19H16N4O6/c1-28-14-5-2-12(3-6-14)16-10-15(17-7-9-19(29-17)23(26)27)20-18-8-4-13(22(24)25)11-21(16)18/h2-9,11,15-16H,10H2,1H3. The first-order valence-electron chi connectivity index (χ1n) is 8.75. The normalized spacial score (nSPS) is 20.5. The number of furan rings is 1. The van der Waals surface area contributed by atoms with E-state index in [1.807, 2.05) is 24.3 Å². The Bertz CT molecular complexity index is 1050. The van der Waals surface area contributed by atoms with E-state index < -0.39 is 15.9 Å². The summed E-state index contributed by atoms with van der Waals surface area (Å²) in [5.74, 6) is 1.24. The number of nitrogens with zero attached hydrogens (tertiary/aromatic N) is 4. The maximum atomic E-state index is 11.2. The van der Waals surface area contributed by atoms with Crippen LogP contribution in [0.4, 0.5) is 5.88 Å². The van der Waals surface area contributed by atoms with Gasteiger partial charge in [-0.15, -0.1) is 0 Å². The second-order valence-corrected chi connectivity index (χ2v) is 6.51. The van der Waals surface area contributed by atoms with Crippen molar-refractivity contribution in [2.45, 2.75) is 18.5 Å². The van der Waals surface area contributed by atoms with Crippen molar-refractivity contribution in [2.24, 2.45) is 4.99 Å². The van der Waals surface area contributed by atoms with Gasteiger partial charge in [0.1, 0.15) is 28.3 Å². The molecule has 29 heavy (non-hydrogen) atoms. The van der Waals surface area contributed by atoms with E-state index in [1.54, 1.807) is 24.2 Å². The van der Waals surface area contributed by atoms with Crippen molar-refractivity contribution >= 4 is 11.7 Å². The average Bonchev–Trinajstić information content (AvgIpc) is 3.23. The van der Waals surface area contributed by atoms with Gasteiger partial charge in [-0.05, 0) is 29.8 Å². The zero-order valence-electron chi connectivity index (χ0n) is 15.3. The Kier molecular flexibility index (Phi) is 4.59. The van der Waals surface area contributed by atoms with Crippen molar-refractivity contribution in [2.75, 3.05) is 7.11 Å². The van der Waals surface area contributed by atoms with Crippen LogP contribution in [0.25, 0.3) is 0 Å². The lowest BCUT2D eigenvalue weighted by atomic mass is 9.94. The van der Waals surface area contributed by atoms with Crippen LogP contribution in [0.2, 0.25) is 0 Å². The Labute approximate surface area is 164 Å². The van der Waals surface area contributed by atoms with Crippen LogP contribution in [0, 0.1) is 20.2 Å². The monoisotopic (exact) mass is 396 g/mol. The highest BCUT2D eigenvalue weighted by atomic mass is 16.6. The highest BCUT2D eigenvalue weighted by Crippen LogP contribution is 2.41. The number of aliphatic imine (C=N–C) groups is 1. The lowest BCUT2D eigenvalue weighted by Crippen LogP contribution is -2.36. The average molecular weight is 396 g/mol. The van der Waals surface area contributed by atoms with E-state index in [0.29, 0.717) is 23.8 Å². The van der Waals surface area contributed by atoms with Crippen LogP contribution in [0.5, 0.6) is 5.75 Å². The van der Waals surface area contributed by atoms with Gasteiger partial charge in [0.05, 0.1) is 30.3 Å². The second kappa shape index (κ2) is 7.23. The Hall–Kier alpha value is -3.95. The summed E-state index contributed by atoms with van der Waals surface area (Å²) in [4.78, 5) is 27.5. The molecule has 2 aliphatic heterocycles. The molecule has 148 valence electrons. The summed E-state index contributed by atoms with van der Waals surface area (Å²) in [5, 5.41) is 22.2. The lowest BCUT2D eigenvalue weighted by Gasteiger charge is -2.37. The van der Waals surface area contributed by atoms with Crippen molar-refractivity contribution in [3.8, 4) is 5.75 Å². The van der Waals surface area contributed by atoms with Crippen molar-refractivity contribution in [1.29, 1.82) is 0 Å². The van der Waals surface area contributed by atoms with E-state index in [1.165, 1.54) is 18.3 Å². The van der Waals surface area contributed by atoms with Gasteiger partial charge in [0.2, 0.25) is 0 Å². The van der Waals surface area contributed by atoms with Crippen molar-refractivity contribution in [3.05, 3.63) is 92.0 Å². The molecule has 10 heteroatoms. The molecule has 2 aromatic rings. The minimum atomic E-state index is -0.598. The van der Waals surface area contributed by atoms with Crippen LogP contribution in [0.1, 0.15) is 29.8 Å². The third kappa shape index (κ3) is 3.47. The van der Waals surface area contributed by atoms with Crippen LogP contribution >= 0.6 is 0 Å². The highest BCUT2D eigenvalue weighted by molar-refractivity contribution is 5.96. The minimum Gasteiger partial charge on any atom is -0.497 e. The molecule has 0 bridgehead atoms. The SMILES string of the molecule is COc1ccc(C2CC(c3ccc([N+](=O)[O-])o3)N=C3C=CC([N+](=O)[O-])=CN32)cc1. The smallest absolute Gasteiger partial charge is 0.433 e. The fourth-order valence-electron chi connectivity index (χ4n) is 3.42. The van der Waals surface area contributed by atoms with E-state index in [9.17, 15) is 20.2 Å². The molecule has 10 nitrogen and oxygen atoms in total. The summed E-state index contributed by atoms with van der Waals surface area (Å²) in [6.45, 7) is 0. The zero-order chi connectivity index (χ0) is 20.5. The number of benzene rings is 1. The summed E-state index contributed by atoms with van der Waals surface area (Å²) in [7, 11) is 1.57. The highest BCUT2D eigenvalue weighted by Gasteiger charge is 2.35. The molecule has 0 saturated carbocycles. The fourth-order valence-corrected chi connectivity index (χ4v) is 3.42. The summed E-state index contributed by atoms with van der Waals surface area (Å²) in [6, 6.07) is 9.49. The van der Waals surface area contributed by atoms with Crippen LogP contribution in [0.15, 0.2) is 69.9 Å². The fraction of sp³-hybridized carbons (Fsp3) is 0.211. The molecular weight excluding hydrogens is 380 g/mol. The minimum absolute atomic E-state index is 0.0467. The molecule has 0 saturated heterocycles. The molecule has 0 fully saturated rings. The third-order valence-electron chi connectivity index (χ3n) is 4.84. The molecule has 2 unspecified atom stereocenters. The maximum absolute atomic E-state index is 11.2. The van der Waals surface area contributed by atoms with Crippen LogP contribution in [-0.4, -0.2) is 27.7 Å². The van der Waals surface area contributed by atoms with E-state index in [2.05, 4.69) is 4.99 Å². The number of hydrogen-bond donors (Lipinski definition) is 0. The molecule has 0 radical (unpaired) electrons. The predicted molar refractivity (Wildman–Crippen MR) is 102 cm³/mol. The second-order valence-electron chi connectivity index (χ2n) is 6.51. The van der Waals surface area contributed by atoms with Gasteiger partial charge >= 0.3 is 5.88 Å². The number of amidine groups is 1. The first-order chi connectivity index (χ1) is 14.0. The van der Waals surface area contributed by atoms with Gasteiger partial charge in [0.25, 0.3) is 5.70 Å². The number of allylic oxidation sites excluding steroid dienone is 1. The van der Waals surface area contributed by atoms with Gasteiger partial charge in [-0.1, -0.05) is 12.1 Å². The van der Waals surface area contributed by atoms with Crippen molar-refractivity contribution in [1.82, 2.24) is 4.90 Å². The summed E-state index contributed by atoms with van der Waals surface area (Å²) in [6.07, 6.45) is 4.83. The first kappa shape index (κ1) is 18.4. The van der Waals surface area contributed by atoms with E-state index in [0.717, 1.165) is 5.56 Å². The number of rotatable bonds is 5. The number of nitro groups is 2. The van der Waals surface area contributed by atoms with Crippen molar-refractivity contribution in [3.63, 3.8) is 0 Å². The van der Waals surface area contributed by atoms with Crippen LogP contribution in [0.3, 0.4) is 0 Å². The summed E-state index contributed by atoms with van der Waals surface area (Å²) in [5.41, 5.74) is 0.855. The van der Waals surface area contributed by atoms with Crippen LogP contribution in [-0.2, 0) is 0 Å². The molecule has 4 rings (SSSR count). The molecule has 3 heterocycles. The Morgan fingerprint density at radius 1 is 1.10 bits per heavy atom. The summed E-state index contributed by atoms with van der Waals surface area (Å²) < 4.78 is 10.6. The van der Waals surface area contributed by atoms with E-state index >= 15 is 0 Å². The first-order valence-corrected chi connectivity index (χ1v) is 8.75. The largest absolute Gasteiger partial charge is 0.497 e. The quantitative estimate of drug-likeness (QED) is 0.556. The van der Waals surface area contributed by atoms with Gasteiger partial charge in [0.15, 0.2) is 0 Å². The number of ether oxygens (including phenoxy) is 1. The van der Waals surface area contributed by atoms with Gasteiger partial charge in [-0.3, -0.25) is 25.2 Å². The predicted octanol–water partition coefficient (Wildman–Crippen LogP) is 3.77. The summed E-state index contributed by atoms with van der Waals surface area (Å²) >= 11 is 0. The third-order valence-corrected chi connectivity index (χ3v) is 4.84. The van der Waals surface area contributed by atoms with Gasteiger partial charge in [0, 0.05) is 12.5 Å². The van der Waals surface area contributed by atoms with Gasteiger partial charge in [-0.25, -0.2) is 0 Å². The lowest BCUT2D eigenvalue weighted by molar-refractivity contribution is -0.420. The van der Waals surface area contributed by atoms with Gasteiger partial charge < -0.3 is 14.1 Å². The van der Waals surface area contributed by atoms with E-state index in [-0.39, 0.29) is 17.6 Å². The molecule has 0 N–H and O–H groups in total. The molecule has 1 aromatic carbocycles.